The van der Waals surface area contributed by atoms with Crippen molar-refractivity contribution >= 4 is 47.4 Å². The lowest BCUT2D eigenvalue weighted by atomic mass is 10.1. The molecule has 0 spiro atoms. The Morgan fingerprint density at radius 1 is 1.29 bits per heavy atom. The highest BCUT2D eigenvalue weighted by atomic mass is 127. The first-order chi connectivity index (χ1) is 10.7. The van der Waals surface area contributed by atoms with Gasteiger partial charge in [0.15, 0.2) is 5.96 Å². The average molecular weight is 471 g/mol. The summed E-state index contributed by atoms with van der Waals surface area (Å²) >= 11 is 5.98. The van der Waals surface area contributed by atoms with Crippen LogP contribution in [0.15, 0.2) is 23.2 Å². The van der Waals surface area contributed by atoms with E-state index in [-0.39, 0.29) is 47.8 Å². The molecule has 0 fully saturated rings. The molecule has 0 radical (unpaired) electrons. The quantitative estimate of drug-likeness (QED) is 0.352. The van der Waals surface area contributed by atoms with E-state index < -0.39 is 0 Å². The molecular weight excluding hydrogens is 446 g/mol. The van der Waals surface area contributed by atoms with Crippen LogP contribution in [0.3, 0.4) is 0 Å². The zero-order valence-corrected chi connectivity index (χ0v) is 17.5. The van der Waals surface area contributed by atoms with E-state index >= 15 is 0 Å². The van der Waals surface area contributed by atoms with E-state index in [0.29, 0.717) is 23.9 Å². The number of nitrogens with one attached hydrogen (secondary N) is 3. The van der Waals surface area contributed by atoms with Crippen molar-refractivity contribution in [2.75, 3.05) is 20.1 Å². The standard InChI is InChI=1S/C16H24ClFN4O.HI/c1-16(2,3)22-14(23)10-21-15(19-4)20-8-7-11-5-6-12(18)9-13(11)17;/h5-6,9H,7-8,10H2,1-4H3,(H,22,23)(H2,19,20,21);1H. The predicted octanol–water partition coefficient (Wildman–Crippen LogP) is 2.72. The summed E-state index contributed by atoms with van der Waals surface area (Å²) in [6.45, 7) is 6.46. The SMILES string of the molecule is CN=C(NCCc1ccc(F)cc1Cl)NCC(=O)NC(C)(C)C.I. The number of hydrogen-bond donors (Lipinski definition) is 3. The fourth-order valence-corrected chi connectivity index (χ4v) is 2.15. The van der Waals surface area contributed by atoms with Crippen LogP contribution in [-0.4, -0.2) is 37.5 Å². The van der Waals surface area contributed by atoms with E-state index in [1.807, 2.05) is 20.8 Å². The predicted molar refractivity (Wildman–Crippen MR) is 108 cm³/mol. The molecule has 3 N–H and O–H groups in total. The minimum atomic E-state index is -0.353. The number of halogens is 3. The molecule has 0 aliphatic heterocycles. The number of aliphatic imine (C=N–C) groups is 1. The van der Waals surface area contributed by atoms with Gasteiger partial charge in [-0.2, -0.15) is 0 Å². The lowest BCUT2D eigenvalue weighted by molar-refractivity contribution is -0.121. The molecular formula is C16H25ClFIN4O. The summed E-state index contributed by atoms with van der Waals surface area (Å²) in [5, 5.41) is 9.28. The Hall–Kier alpha value is -1.09. The second-order valence-electron chi connectivity index (χ2n) is 6.14. The largest absolute Gasteiger partial charge is 0.356 e. The molecule has 0 aliphatic rings. The second-order valence-corrected chi connectivity index (χ2v) is 6.54. The molecule has 8 heteroatoms. The topological polar surface area (TPSA) is 65.5 Å². The van der Waals surface area contributed by atoms with Gasteiger partial charge >= 0.3 is 0 Å². The maximum Gasteiger partial charge on any atom is 0.239 e. The van der Waals surface area contributed by atoms with E-state index in [1.165, 1.54) is 12.1 Å². The normalized spacial score (nSPS) is 11.5. The Kier molecular flexibility index (Phi) is 10.2. The lowest BCUT2D eigenvalue weighted by Gasteiger charge is -2.21. The molecule has 1 rings (SSSR count). The van der Waals surface area contributed by atoms with E-state index in [1.54, 1.807) is 13.1 Å². The van der Waals surface area contributed by atoms with Crippen molar-refractivity contribution in [2.24, 2.45) is 4.99 Å². The number of guanidine groups is 1. The minimum absolute atomic E-state index is 0. The molecule has 0 unspecified atom stereocenters. The second kappa shape index (κ2) is 10.7. The Morgan fingerprint density at radius 3 is 2.50 bits per heavy atom. The fraction of sp³-hybridized carbons (Fsp3) is 0.500. The molecule has 1 amide bonds. The first-order valence-electron chi connectivity index (χ1n) is 7.41. The summed E-state index contributed by atoms with van der Waals surface area (Å²) < 4.78 is 13.0. The van der Waals surface area contributed by atoms with E-state index in [2.05, 4.69) is 20.9 Å². The van der Waals surface area contributed by atoms with Gasteiger partial charge in [0.2, 0.25) is 5.91 Å². The van der Waals surface area contributed by atoms with Crippen molar-refractivity contribution in [3.05, 3.63) is 34.6 Å². The van der Waals surface area contributed by atoms with E-state index in [0.717, 1.165) is 5.56 Å². The highest BCUT2D eigenvalue weighted by molar-refractivity contribution is 14.0. The highest BCUT2D eigenvalue weighted by Gasteiger charge is 2.13. The summed E-state index contributed by atoms with van der Waals surface area (Å²) in [5.74, 6) is 0.0587. The summed E-state index contributed by atoms with van der Waals surface area (Å²) in [6, 6.07) is 4.33. The summed E-state index contributed by atoms with van der Waals surface area (Å²) in [7, 11) is 1.63. The van der Waals surface area contributed by atoms with E-state index in [4.69, 9.17) is 11.6 Å². The van der Waals surface area contributed by atoms with Crippen LogP contribution in [0.25, 0.3) is 0 Å². The Balaban J connectivity index is 0.00000529. The lowest BCUT2D eigenvalue weighted by Crippen LogP contribution is -2.48. The number of amides is 1. The van der Waals surface area contributed by atoms with Crippen LogP contribution in [0.2, 0.25) is 5.02 Å². The van der Waals surface area contributed by atoms with Crippen molar-refractivity contribution in [3.8, 4) is 0 Å². The van der Waals surface area contributed by atoms with Crippen molar-refractivity contribution < 1.29 is 9.18 Å². The van der Waals surface area contributed by atoms with Gasteiger partial charge in [-0.25, -0.2) is 4.39 Å². The van der Waals surface area contributed by atoms with Crippen molar-refractivity contribution in [1.29, 1.82) is 0 Å². The van der Waals surface area contributed by atoms with Gasteiger partial charge in [-0.3, -0.25) is 9.79 Å². The Labute approximate surface area is 164 Å². The number of carbonyl (C=O) groups is 1. The molecule has 24 heavy (non-hydrogen) atoms. The van der Waals surface area contributed by atoms with Gasteiger partial charge in [0, 0.05) is 24.2 Å². The van der Waals surface area contributed by atoms with Gasteiger partial charge in [-0.1, -0.05) is 17.7 Å². The van der Waals surface area contributed by atoms with Crippen LogP contribution < -0.4 is 16.0 Å². The van der Waals surface area contributed by atoms with Gasteiger partial charge < -0.3 is 16.0 Å². The fourth-order valence-electron chi connectivity index (χ4n) is 1.89. The zero-order chi connectivity index (χ0) is 17.5. The van der Waals surface area contributed by atoms with E-state index in [9.17, 15) is 9.18 Å². The maximum absolute atomic E-state index is 13.0. The van der Waals surface area contributed by atoms with Gasteiger partial charge in [-0.15, -0.1) is 24.0 Å². The van der Waals surface area contributed by atoms with Crippen molar-refractivity contribution in [1.82, 2.24) is 16.0 Å². The first kappa shape index (κ1) is 22.9. The van der Waals surface area contributed by atoms with Crippen LogP contribution in [0.5, 0.6) is 0 Å². The molecule has 136 valence electrons. The molecule has 0 aromatic heterocycles. The summed E-state index contributed by atoms with van der Waals surface area (Å²) in [6.07, 6.45) is 0.619. The third-order valence-corrected chi connectivity index (χ3v) is 3.21. The van der Waals surface area contributed by atoms with Gasteiger partial charge in [-0.05, 0) is 44.9 Å². The number of nitrogens with zero attached hydrogens (tertiary/aromatic N) is 1. The summed E-state index contributed by atoms with van der Waals surface area (Å²) in [5.41, 5.74) is 0.580. The maximum atomic E-state index is 13.0. The molecule has 0 aliphatic carbocycles. The number of benzene rings is 1. The third-order valence-electron chi connectivity index (χ3n) is 2.86. The molecule has 0 heterocycles. The van der Waals surface area contributed by atoms with Crippen LogP contribution in [-0.2, 0) is 11.2 Å². The molecule has 0 saturated heterocycles. The highest BCUT2D eigenvalue weighted by Crippen LogP contribution is 2.17. The molecule has 5 nitrogen and oxygen atoms in total. The van der Waals surface area contributed by atoms with Crippen molar-refractivity contribution in [2.45, 2.75) is 32.7 Å². The molecule has 0 saturated carbocycles. The molecule has 0 atom stereocenters. The smallest absolute Gasteiger partial charge is 0.239 e. The number of hydrogen-bond acceptors (Lipinski definition) is 2. The van der Waals surface area contributed by atoms with Gasteiger partial charge in [0.25, 0.3) is 0 Å². The number of rotatable bonds is 5. The van der Waals surface area contributed by atoms with Gasteiger partial charge in [0.05, 0.1) is 6.54 Å². The average Bonchev–Trinajstić information content (AvgIpc) is 2.42. The van der Waals surface area contributed by atoms with Crippen LogP contribution in [0.1, 0.15) is 26.3 Å². The molecule has 1 aromatic carbocycles. The van der Waals surface area contributed by atoms with Crippen LogP contribution in [0.4, 0.5) is 4.39 Å². The molecule has 1 aromatic rings. The van der Waals surface area contributed by atoms with Gasteiger partial charge in [0.1, 0.15) is 5.82 Å². The number of carbonyl (C=O) groups excluding carboxylic acids is 1. The minimum Gasteiger partial charge on any atom is -0.356 e. The summed E-state index contributed by atoms with van der Waals surface area (Å²) in [4.78, 5) is 15.8. The molecule has 0 bridgehead atoms. The Morgan fingerprint density at radius 2 is 1.96 bits per heavy atom. The first-order valence-corrected chi connectivity index (χ1v) is 7.78. The zero-order valence-electron chi connectivity index (χ0n) is 14.4. The third kappa shape index (κ3) is 9.27. The van der Waals surface area contributed by atoms with Crippen molar-refractivity contribution in [3.63, 3.8) is 0 Å². The van der Waals surface area contributed by atoms with Crippen LogP contribution in [0, 0.1) is 5.82 Å². The Bertz CT molecular complexity index is 576. The van der Waals surface area contributed by atoms with Crippen LogP contribution >= 0.6 is 35.6 Å². The monoisotopic (exact) mass is 470 g/mol.